The van der Waals surface area contributed by atoms with Crippen LogP contribution in [0.5, 0.6) is 5.75 Å². The van der Waals surface area contributed by atoms with Crippen LogP contribution in [-0.4, -0.2) is 25.1 Å². The second-order valence-electron chi connectivity index (χ2n) is 4.42. The van der Waals surface area contributed by atoms with Gasteiger partial charge in [-0.25, -0.2) is 0 Å². The Morgan fingerprint density at radius 1 is 1.37 bits per heavy atom. The molecule has 0 aliphatic rings. The highest BCUT2D eigenvalue weighted by Crippen LogP contribution is 2.26. The molecule has 0 heterocycles. The van der Waals surface area contributed by atoms with Crippen LogP contribution in [0.4, 0.5) is 0 Å². The molecule has 1 aromatic rings. The molecule has 0 aliphatic heterocycles. The van der Waals surface area contributed by atoms with E-state index in [1.807, 2.05) is 6.92 Å². The molecule has 0 saturated heterocycles. The van der Waals surface area contributed by atoms with Crippen LogP contribution < -0.4 is 15.8 Å². The normalized spacial score (nSPS) is 13.7. The smallest absolute Gasteiger partial charge is 0.260 e. The van der Waals surface area contributed by atoms with Crippen molar-refractivity contribution in [3.8, 4) is 5.75 Å². The monoisotopic (exact) mass is 304 g/mol. The molecule has 6 heteroatoms. The third-order valence-electron chi connectivity index (χ3n) is 2.60. The van der Waals surface area contributed by atoms with Crippen molar-refractivity contribution in [2.24, 2.45) is 11.7 Å². The molecule has 4 nitrogen and oxygen atoms in total. The van der Waals surface area contributed by atoms with Crippen molar-refractivity contribution < 1.29 is 9.53 Å². The van der Waals surface area contributed by atoms with Crippen LogP contribution in [0.3, 0.4) is 0 Å². The van der Waals surface area contributed by atoms with Gasteiger partial charge in [0, 0.05) is 12.6 Å². The molecule has 2 atom stereocenters. The first-order valence-electron chi connectivity index (χ1n) is 6.03. The van der Waals surface area contributed by atoms with E-state index >= 15 is 0 Å². The summed E-state index contributed by atoms with van der Waals surface area (Å²) in [5.74, 6) is 0.552. The first kappa shape index (κ1) is 16.1. The molecule has 3 N–H and O–H groups in total. The number of nitrogens with two attached hydrogens (primary N) is 1. The Kier molecular flexibility index (Phi) is 6.42. The fourth-order valence-electron chi connectivity index (χ4n) is 1.31. The van der Waals surface area contributed by atoms with Crippen LogP contribution in [0.25, 0.3) is 0 Å². The lowest BCUT2D eigenvalue weighted by Gasteiger charge is -2.16. The largest absolute Gasteiger partial charge is 0.481 e. The number of halogens is 2. The maximum Gasteiger partial charge on any atom is 0.260 e. The van der Waals surface area contributed by atoms with Gasteiger partial charge in [-0.05, 0) is 31.5 Å². The predicted molar refractivity (Wildman–Crippen MR) is 77.8 cm³/mol. The number of nitrogens with one attached hydrogen (secondary N) is 1. The molecule has 1 rings (SSSR count). The summed E-state index contributed by atoms with van der Waals surface area (Å²) in [6, 6.07) is 4.87. The third kappa shape index (κ3) is 5.27. The Bertz CT molecular complexity index is 441. The second kappa shape index (κ2) is 7.58. The maximum absolute atomic E-state index is 11.8. The molecule has 0 spiro atoms. The molecule has 0 radical (unpaired) electrons. The third-order valence-corrected chi connectivity index (χ3v) is 3.34. The van der Waals surface area contributed by atoms with E-state index in [0.717, 1.165) is 0 Å². The molecule has 0 fully saturated rings. The molecule has 2 unspecified atom stereocenters. The minimum Gasteiger partial charge on any atom is -0.481 e. The van der Waals surface area contributed by atoms with Crippen molar-refractivity contribution in [2.45, 2.75) is 20.0 Å². The Balaban J connectivity index is 2.51. The van der Waals surface area contributed by atoms with Crippen LogP contribution in [0, 0.1) is 5.92 Å². The van der Waals surface area contributed by atoms with Gasteiger partial charge in [-0.15, -0.1) is 0 Å². The summed E-state index contributed by atoms with van der Waals surface area (Å²) >= 11 is 11.7. The summed E-state index contributed by atoms with van der Waals surface area (Å²) in [7, 11) is 0. The zero-order valence-electron chi connectivity index (χ0n) is 11.0. The summed E-state index contributed by atoms with van der Waals surface area (Å²) in [6.45, 7) is 4.70. The zero-order chi connectivity index (χ0) is 14.4. The van der Waals surface area contributed by atoms with Gasteiger partial charge in [-0.2, -0.15) is 0 Å². The van der Waals surface area contributed by atoms with E-state index in [0.29, 0.717) is 28.9 Å². The van der Waals surface area contributed by atoms with E-state index in [2.05, 4.69) is 5.32 Å². The minimum absolute atomic E-state index is 0.189. The van der Waals surface area contributed by atoms with Crippen LogP contribution >= 0.6 is 23.2 Å². The summed E-state index contributed by atoms with van der Waals surface area (Å²) in [5.41, 5.74) is 5.48. The van der Waals surface area contributed by atoms with Gasteiger partial charge in [0.15, 0.2) is 6.10 Å². The van der Waals surface area contributed by atoms with Crippen LogP contribution in [0.1, 0.15) is 13.8 Å². The average molecular weight is 305 g/mol. The van der Waals surface area contributed by atoms with E-state index in [9.17, 15) is 4.79 Å². The maximum atomic E-state index is 11.8. The van der Waals surface area contributed by atoms with E-state index in [1.165, 1.54) is 0 Å². The van der Waals surface area contributed by atoms with Gasteiger partial charge in [0.05, 0.1) is 10.0 Å². The van der Waals surface area contributed by atoms with Crippen LogP contribution in [0.2, 0.25) is 10.0 Å². The van der Waals surface area contributed by atoms with E-state index in [1.54, 1.807) is 25.1 Å². The number of carbonyl (C=O) groups excluding carboxylic acids is 1. The first-order valence-corrected chi connectivity index (χ1v) is 6.79. The Morgan fingerprint density at radius 3 is 2.63 bits per heavy atom. The highest BCUT2D eigenvalue weighted by Gasteiger charge is 2.15. The first-order chi connectivity index (χ1) is 8.93. The van der Waals surface area contributed by atoms with E-state index < -0.39 is 6.10 Å². The van der Waals surface area contributed by atoms with Crippen LogP contribution in [0.15, 0.2) is 18.2 Å². The lowest BCUT2D eigenvalue weighted by atomic mass is 10.2. The second-order valence-corrected chi connectivity index (χ2v) is 5.24. The van der Waals surface area contributed by atoms with Gasteiger partial charge in [0.25, 0.3) is 5.91 Å². The molecule has 1 amide bonds. The van der Waals surface area contributed by atoms with Gasteiger partial charge in [-0.3, -0.25) is 4.79 Å². The van der Waals surface area contributed by atoms with E-state index in [-0.39, 0.29) is 11.8 Å². The predicted octanol–water partition coefficient (Wildman–Crippen LogP) is 2.47. The quantitative estimate of drug-likeness (QED) is 0.848. The van der Waals surface area contributed by atoms with Gasteiger partial charge in [0.2, 0.25) is 0 Å². The fourth-order valence-corrected chi connectivity index (χ4v) is 1.60. The summed E-state index contributed by atoms with van der Waals surface area (Å²) in [6.07, 6.45) is -0.609. The van der Waals surface area contributed by atoms with Crippen molar-refractivity contribution in [3.63, 3.8) is 0 Å². The number of ether oxygens (including phenoxy) is 1. The Hall–Kier alpha value is -0.970. The summed E-state index contributed by atoms with van der Waals surface area (Å²) in [4.78, 5) is 11.8. The number of amides is 1. The minimum atomic E-state index is -0.609. The molecule has 0 bridgehead atoms. The topological polar surface area (TPSA) is 64.3 Å². The Labute approximate surface area is 123 Å². The van der Waals surface area contributed by atoms with Crippen molar-refractivity contribution >= 4 is 29.1 Å². The van der Waals surface area contributed by atoms with Crippen molar-refractivity contribution in [3.05, 3.63) is 28.2 Å². The zero-order valence-corrected chi connectivity index (χ0v) is 12.5. The molecular formula is C13H18Cl2N2O2. The lowest BCUT2D eigenvalue weighted by Crippen LogP contribution is -2.39. The standard InChI is InChI=1S/C13H18Cl2N2O2/c1-8(6-16)7-17-13(18)9(2)19-10-3-4-11(14)12(15)5-10/h3-5,8-9H,6-7,16H2,1-2H3,(H,17,18). The fraction of sp³-hybridized carbons (Fsp3) is 0.462. The van der Waals surface area contributed by atoms with Gasteiger partial charge in [0.1, 0.15) is 5.75 Å². The number of hydrogen-bond acceptors (Lipinski definition) is 3. The van der Waals surface area contributed by atoms with E-state index in [4.69, 9.17) is 33.7 Å². The van der Waals surface area contributed by atoms with Crippen molar-refractivity contribution in [2.75, 3.05) is 13.1 Å². The summed E-state index contributed by atoms with van der Waals surface area (Å²) < 4.78 is 5.49. The summed E-state index contributed by atoms with van der Waals surface area (Å²) in [5, 5.41) is 3.62. The highest BCUT2D eigenvalue weighted by molar-refractivity contribution is 6.42. The van der Waals surface area contributed by atoms with Crippen molar-refractivity contribution in [1.82, 2.24) is 5.32 Å². The number of rotatable bonds is 6. The number of carbonyl (C=O) groups is 1. The molecule has 106 valence electrons. The SMILES string of the molecule is CC(CN)CNC(=O)C(C)Oc1ccc(Cl)c(Cl)c1. The lowest BCUT2D eigenvalue weighted by molar-refractivity contribution is -0.127. The average Bonchev–Trinajstić information content (AvgIpc) is 2.39. The molecule has 19 heavy (non-hydrogen) atoms. The van der Waals surface area contributed by atoms with Gasteiger partial charge < -0.3 is 15.8 Å². The molecule has 0 aliphatic carbocycles. The van der Waals surface area contributed by atoms with Gasteiger partial charge in [-0.1, -0.05) is 30.1 Å². The van der Waals surface area contributed by atoms with Gasteiger partial charge >= 0.3 is 0 Å². The number of hydrogen-bond donors (Lipinski definition) is 2. The Morgan fingerprint density at radius 2 is 2.05 bits per heavy atom. The highest BCUT2D eigenvalue weighted by atomic mass is 35.5. The van der Waals surface area contributed by atoms with Crippen molar-refractivity contribution in [1.29, 1.82) is 0 Å². The molecule has 1 aromatic carbocycles. The molecule has 0 saturated carbocycles. The molecule has 0 aromatic heterocycles. The number of benzene rings is 1. The molecular weight excluding hydrogens is 287 g/mol. The van der Waals surface area contributed by atoms with Crippen LogP contribution in [-0.2, 0) is 4.79 Å².